The number of hydrogen-bond acceptors (Lipinski definition) is 6. The topological polar surface area (TPSA) is 71.1 Å². The molecule has 0 unspecified atom stereocenters. The lowest BCUT2D eigenvalue weighted by molar-refractivity contribution is -0.147. The Morgan fingerprint density at radius 2 is 1.64 bits per heavy atom. The number of carbonyl (C=O) groups excluding carboxylic acids is 2. The quantitative estimate of drug-likeness (QED) is 0.541. The van der Waals surface area contributed by atoms with E-state index in [9.17, 15) is 9.59 Å². The maximum absolute atomic E-state index is 11.9. The molecule has 0 aliphatic heterocycles. The average Bonchev–Trinajstić information content (AvgIpc) is 2.64. The SMILES string of the molecule is COc1ccccc1COC(=O)COc1ccc(C(C)=O)cc1OC. The third-order valence-corrected chi connectivity index (χ3v) is 3.50. The zero-order valence-electron chi connectivity index (χ0n) is 14.4. The van der Waals surface area contributed by atoms with Crippen LogP contribution in [0, 0.1) is 0 Å². The number of methoxy groups -OCH3 is 2. The van der Waals surface area contributed by atoms with E-state index in [2.05, 4.69) is 0 Å². The van der Waals surface area contributed by atoms with Gasteiger partial charge in [0.15, 0.2) is 23.9 Å². The fourth-order valence-corrected chi connectivity index (χ4v) is 2.16. The van der Waals surface area contributed by atoms with Crippen LogP contribution in [0.5, 0.6) is 17.2 Å². The van der Waals surface area contributed by atoms with Crippen molar-refractivity contribution in [2.24, 2.45) is 0 Å². The van der Waals surface area contributed by atoms with Crippen LogP contribution in [0.1, 0.15) is 22.8 Å². The number of carbonyl (C=O) groups is 2. The first-order valence-electron chi connectivity index (χ1n) is 7.64. The number of hydrogen-bond donors (Lipinski definition) is 0. The Balaban J connectivity index is 1.92. The number of Topliss-reactive ketones (excluding diaryl/α,β-unsaturated/α-hetero) is 1. The van der Waals surface area contributed by atoms with Crippen molar-refractivity contribution in [1.29, 1.82) is 0 Å². The molecule has 0 spiro atoms. The van der Waals surface area contributed by atoms with E-state index in [1.54, 1.807) is 31.4 Å². The van der Waals surface area contributed by atoms with Crippen molar-refractivity contribution in [2.75, 3.05) is 20.8 Å². The summed E-state index contributed by atoms with van der Waals surface area (Å²) in [6, 6.07) is 12.0. The summed E-state index contributed by atoms with van der Waals surface area (Å²) in [5.74, 6) is 0.786. The van der Waals surface area contributed by atoms with Gasteiger partial charge in [-0.2, -0.15) is 0 Å². The summed E-state index contributed by atoms with van der Waals surface area (Å²) in [6.07, 6.45) is 0. The summed E-state index contributed by atoms with van der Waals surface area (Å²) >= 11 is 0. The van der Waals surface area contributed by atoms with Gasteiger partial charge in [-0.05, 0) is 31.2 Å². The van der Waals surface area contributed by atoms with E-state index in [0.29, 0.717) is 22.8 Å². The molecule has 0 amide bonds. The van der Waals surface area contributed by atoms with Crippen molar-refractivity contribution in [3.63, 3.8) is 0 Å². The standard InChI is InChI=1S/C19H20O6/c1-13(20)14-8-9-17(18(10-14)23-3)24-12-19(21)25-11-15-6-4-5-7-16(15)22-2/h4-10H,11-12H2,1-3H3. The highest BCUT2D eigenvalue weighted by Crippen LogP contribution is 2.28. The summed E-state index contributed by atoms with van der Waals surface area (Å²) in [5.41, 5.74) is 1.27. The molecule has 132 valence electrons. The van der Waals surface area contributed by atoms with Gasteiger partial charge in [0.1, 0.15) is 12.4 Å². The van der Waals surface area contributed by atoms with Crippen molar-refractivity contribution in [3.8, 4) is 17.2 Å². The molecule has 6 nitrogen and oxygen atoms in total. The number of rotatable bonds is 8. The fraction of sp³-hybridized carbons (Fsp3) is 0.263. The Hall–Kier alpha value is -3.02. The summed E-state index contributed by atoms with van der Waals surface area (Å²) in [7, 11) is 3.02. The van der Waals surface area contributed by atoms with Gasteiger partial charge in [-0.3, -0.25) is 4.79 Å². The summed E-state index contributed by atoms with van der Waals surface area (Å²) in [4.78, 5) is 23.3. The van der Waals surface area contributed by atoms with Crippen molar-refractivity contribution >= 4 is 11.8 Å². The van der Waals surface area contributed by atoms with E-state index in [1.807, 2.05) is 18.2 Å². The average molecular weight is 344 g/mol. The van der Waals surface area contributed by atoms with Crippen LogP contribution < -0.4 is 14.2 Å². The maximum atomic E-state index is 11.9. The first-order chi connectivity index (χ1) is 12.0. The normalized spacial score (nSPS) is 10.0. The summed E-state index contributed by atoms with van der Waals surface area (Å²) in [6.45, 7) is 1.28. The zero-order valence-corrected chi connectivity index (χ0v) is 14.4. The lowest BCUT2D eigenvalue weighted by Gasteiger charge is -2.12. The molecule has 0 heterocycles. The van der Waals surface area contributed by atoms with Crippen LogP contribution in [0.25, 0.3) is 0 Å². The van der Waals surface area contributed by atoms with E-state index in [-0.39, 0.29) is 19.0 Å². The highest BCUT2D eigenvalue weighted by Gasteiger charge is 2.12. The van der Waals surface area contributed by atoms with Crippen molar-refractivity contribution in [3.05, 3.63) is 53.6 Å². The number of para-hydroxylation sites is 1. The van der Waals surface area contributed by atoms with Crippen LogP contribution in [-0.4, -0.2) is 32.6 Å². The van der Waals surface area contributed by atoms with E-state index >= 15 is 0 Å². The Labute approximate surface area is 146 Å². The van der Waals surface area contributed by atoms with Crippen LogP contribution in [-0.2, 0) is 16.1 Å². The Bertz CT molecular complexity index is 753. The van der Waals surface area contributed by atoms with Gasteiger partial charge >= 0.3 is 5.97 Å². The van der Waals surface area contributed by atoms with Crippen LogP contribution >= 0.6 is 0 Å². The second-order valence-electron chi connectivity index (χ2n) is 5.18. The van der Waals surface area contributed by atoms with Gasteiger partial charge in [0.25, 0.3) is 0 Å². The van der Waals surface area contributed by atoms with Crippen LogP contribution in [0.4, 0.5) is 0 Å². The smallest absolute Gasteiger partial charge is 0.344 e. The Morgan fingerprint density at radius 1 is 0.920 bits per heavy atom. The predicted octanol–water partition coefficient (Wildman–Crippen LogP) is 3.03. The van der Waals surface area contributed by atoms with Gasteiger partial charge in [0, 0.05) is 11.1 Å². The molecule has 0 aliphatic carbocycles. The molecular weight excluding hydrogens is 324 g/mol. The van der Waals surface area contributed by atoms with E-state index in [1.165, 1.54) is 14.0 Å². The molecule has 0 saturated heterocycles. The van der Waals surface area contributed by atoms with Gasteiger partial charge in [0.2, 0.25) is 0 Å². The van der Waals surface area contributed by atoms with Crippen molar-refractivity contribution in [2.45, 2.75) is 13.5 Å². The highest BCUT2D eigenvalue weighted by molar-refractivity contribution is 5.94. The minimum Gasteiger partial charge on any atom is -0.496 e. The number of esters is 1. The van der Waals surface area contributed by atoms with Gasteiger partial charge in [0.05, 0.1) is 14.2 Å². The minimum atomic E-state index is -0.524. The van der Waals surface area contributed by atoms with Gasteiger partial charge in [-0.1, -0.05) is 18.2 Å². The molecular formula is C19H20O6. The van der Waals surface area contributed by atoms with Gasteiger partial charge in [-0.25, -0.2) is 4.79 Å². The molecule has 0 radical (unpaired) electrons. The summed E-state index contributed by atoms with van der Waals surface area (Å²) < 4.78 is 21.0. The lowest BCUT2D eigenvalue weighted by atomic mass is 10.1. The molecule has 0 fully saturated rings. The van der Waals surface area contributed by atoms with Crippen LogP contribution in [0.2, 0.25) is 0 Å². The second kappa shape index (κ2) is 8.73. The first kappa shape index (κ1) is 18.3. The van der Waals surface area contributed by atoms with E-state index in [4.69, 9.17) is 18.9 Å². The number of benzene rings is 2. The predicted molar refractivity (Wildman–Crippen MR) is 91.3 cm³/mol. The molecule has 0 aliphatic rings. The lowest BCUT2D eigenvalue weighted by Crippen LogP contribution is -2.15. The zero-order chi connectivity index (χ0) is 18.2. The third kappa shape index (κ3) is 4.97. The molecule has 2 aromatic rings. The Morgan fingerprint density at radius 3 is 2.32 bits per heavy atom. The van der Waals surface area contributed by atoms with Gasteiger partial charge < -0.3 is 18.9 Å². The molecule has 25 heavy (non-hydrogen) atoms. The molecule has 0 aromatic heterocycles. The minimum absolute atomic E-state index is 0.0823. The molecule has 2 aromatic carbocycles. The molecule has 6 heteroatoms. The molecule has 0 bridgehead atoms. The summed E-state index contributed by atoms with van der Waals surface area (Å²) in [5, 5.41) is 0. The second-order valence-corrected chi connectivity index (χ2v) is 5.18. The molecule has 0 N–H and O–H groups in total. The monoisotopic (exact) mass is 344 g/mol. The Kier molecular flexibility index (Phi) is 6.39. The molecule has 2 rings (SSSR count). The van der Waals surface area contributed by atoms with E-state index < -0.39 is 5.97 Å². The molecule has 0 saturated carbocycles. The van der Waals surface area contributed by atoms with Gasteiger partial charge in [-0.15, -0.1) is 0 Å². The third-order valence-electron chi connectivity index (χ3n) is 3.50. The number of ether oxygens (including phenoxy) is 4. The maximum Gasteiger partial charge on any atom is 0.344 e. The number of ketones is 1. The molecule has 0 atom stereocenters. The highest BCUT2D eigenvalue weighted by atomic mass is 16.6. The van der Waals surface area contributed by atoms with E-state index in [0.717, 1.165) is 5.56 Å². The van der Waals surface area contributed by atoms with Crippen LogP contribution in [0.3, 0.4) is 0 Å². The first-order valence-corrected chi connectivity index (χ1v) is 7.64. The fourth-order valence-electron chi connectivity index (χ4n) is 2.16. The largest absolute Gasteiger partial charge is 0.496 e. The van der Waals surface area contributed by atoms with Crippen molar-refractivity contribution in [1.82, 2.24) is 0 Å². The van der Waals surface area contributed by atoms with Crippen molar-refractivity contribution < 1.29 is 28.5 Å². The van der Waals surface area contributed by atoms with Crippen LogP contribution in [0.15, 0.2) is 42.5 Å².